The van der Waals surface area contributed by atoms with Crippen molar-refractivity contribution in [3.05, 3.63) is 79.1 Å². The maximum absolute atomic E-state index is 11.8. The quantitative estimate of drug-likeness (QED) is 0.494. The summed E-state index contributed by atoms with van der Waals surface area (Å²) in [5.74, 6) is 0.793. The van der Waals surface area contributed by atoms with Gasteiger partial charge in [0.25, 0.3) is 0 Å². The van der Waals surface area contributed by atoms with Crippen LogP contribution in [-0.4, -0.2) is 31.1 Å². The van der Waals surface area contributed by atoms with Crippen molar-refractivity contribution in [3.63, 3.8) is 0 Å². The molecule has 0 aliphatic carbocycles. The number of rotatable bonds is 6. The number of hydrogen-bond donors (Lipinski definition) is 0. The van der Waals surface area contributed by atoms with E-state index in [0.717, 1.165) is 27.6 Å². The molecule has 0 fully saturated rings. The smallest absolute Gasteiger partial charge is 0.175 e. The summed E-state index contributed by atoms with van der Waals surface area (Å²) in [6.45, 7) is 1.21. The van der Waals surface area contributed by atoms with Crippen molar-refractivity contribution in [2.45, 2.75) is 11.4 Å². The van der Waals surface area contributed by atoms with E-state index in [0.29, 0.717) is 18.0 Å². The maximum atomic E-state index is 11.8. The van der Waals surface area contributed by atoms with Gasteiger partial charge in [0.2, 0.25) is 0 Å². The van der Waals surface area contributed by atoms with Crippen molar-refractivity contribution < 1.29 is 13.2 Å². The highest BCUT2D eigenvalue weighted by atomic mass is 32.2. The standard InChI is InChI=1S/C22H20N2O3S/c1-28(25,26)22-5-2-4-18(16-22)19-7-6-17-8-9-21(15-20(17)14-19)27-13-12-24-11-3-10-23-24/h2-11,14-16H,12-13H2,1H3. The number of fused-ring (bicyclic) bond motifs is 1. The molecule has 0 bridgehead atoms. The van der Waals surface area contributed by atoms with Crippen LogP contribution in [-0.2, 0) is 16.4 Å². The minimum Gasteiger partial charge on any atom is -0.492 e. The van der Waals surface area contributed by atoms with Gasteiger partial charge in [0.15, 0.2) is 9.84 Å². The van der Waals surface area contributed by atoms with Gasteiger partial charge in [-0.05, 0) is 58.3 Å². The van der Waals surface area contributed by atoms with Gasteiger partial charge in [-0.2, -0.15) is 5.10 Å². The Bertz CT molecular complexity index is 1220. The first-order valence-corrected chi connectivity index (χ1v) is 10.8. The van der Waals surface area contributed by atoms with Gasteiger partial charge in [-0.15, -0.1) is 0 Å². The summed E-state index contributed by atoms with van der Waals surface area (Å²) < 4.78 is 31.4. The lowest BCUT2D eigenvalue weighted by Crippen LogP contribution is -2.08. The summed E-state index contributed by atoms with van der Waals surface area (Å²) in [6, 6.07) is 21.0. The van der Waals surface area contributed by atoms with E-state index in [2.05, 4.69) is 11.2 Å². The normalized spacial score (nSPS) is 11.6. The summed E-state index contributed by atoms with van der Waals surface area (Å²) >= 11 is 0. The van der Waals surface area contributed by atoms with E-state index >= 15 is 0 Å². The van der Waals surface area contributed by atoms with Crippen LogP contribution in [0.3, 0.4) is 0 Å². The summed E-state index contributed by atoms with van der Waals surface area (Å²) in [6.07, 6.45) is 4.87. The molecule has 142 valence electrons. The van der Waals surface area contributed by atoms with Crippen molar-refractivity contribution in [1.82, 2.24) is 9.78 Å². The van der Waals surface area contributed by atoms with Crippen LogP contribution in [0.5, 0.6) is 5.75 Å². The lowest BCUT2D eigenvalue weighted by molar-refractivity contribution is 0.291. The number of aromatic nitrogens is 2. The topological polar surface area (TPSA) is 61.2 Å². The Hall–Kier alpha value is -3.12. The van der Waals surface area contributed by atoms with Crippen LogP contribution in [0.1, 0.15) is 0 Å². The molecule has 0 saturated carbocycles. The van der Waals surface area contributed by atoms with Gasteiger partial charge >= 0.3 is 0 Å². The number of sulfone groups is 1. The van der Waals surface area contributed by atoms with Crippen molar-refractivity contribution >= 4 is 20.6 Å². The molecule has 28 heavy (non-hydrogen) atoms. The van der Waals surface area contributed by atoms with E-state index in [4.69, 9.17) is 4.74 Å². The van der Waals surface area contributed by atoms with Gasteiger partial charge in [-0.1, -0.05) is 30.3 Å². The second-order valence-corrected chi connectivity index (χ2v) is 8.66. The highest BCUT2D eigenvalue weighted by Crippen LogP contribution is 2.28. The van der Waals surface area contributed by atoms with Crippen molar-refractivity contribution in [2.24, 2.45) is 0 Å². The molecule has 0 atom stereocenters. The highest BCUT2D eigenvalue weighted by molar-refractivity contribution is 7.90. The minimum atomic E-state index is -3.24. The third kappa shape index (κ3) is 4.07. The van der Waals surface area contributed by atoms with E-state index in [-0.39, 0.29) is 0 Å². The number of benzene rings is 3. The summed E-state index contributed by atoms with van der Waals surface area (Å²) in [4.78, 5) is 0.320. The highest BCUT2D eigenvalue weighted by Gasteiger charge is 2.09. The molecule has 0 saturated heterocycles. The molecule has 0 aliphatic heterocycles. The Morgan fingerprint density at radius 3 is 2.54 bits per heavy atom. The molecule has 4 aromatic rings. The second kappa shape index (κ2) is 7.48. The molecule has 3 aromatic carbocycles. The van der Waals surface area contributed by atoms with Crippen LogP contribution in [0.4, 0.5) is 0 Å². The van der Waals surface area contributed by atoms with E-state index in [1.807, 2.05) is 53.3 Å². The monoisotopic (exact) mass is 392 g/mol. The van der Waals surface area contributed by atoms with E-state index < -0.39 is 9.84 Å². The zero-order valence-electron chi connectivity index (χ0n) is 15.4. The summed E-state index contributed by atoms with van der Waals surface area (Å²) in [5.41, 5.74) is 1.83. The molecule has 0 N–H and O–H groups in total. The van der Waals surface area contributed by atoms with Gasteiger partial charge in [0, 0.05) is 18.6 Å². The Morgan fingerprint density at radius 2 is 1.75 bits per heavy atom. The molecule has 0 radical (unpaired) electrons. The Kier molecular flexibility index (Phi) is 4.88. The molecule has 1 heterocycles. The van der Waals surface area contributed by atoms with Crippen LogP contribution in [0, 0.1) is 0 Å². The molecular formula is C22H20N2O3S. The zero-order valence-corrected chi connectivity index (χ0v) is 16.3. The lowest BCUT2D eigenvalue weighted by Gasteiger charge is -2.09. The fourth-order valence-corrected chi connectivity index (χ4v) is 3.76. The van der Waals surface area contributed by atoms with Crippen LogP contribution < -0.4 is 4.74 Å². The fourth-order valence-electron chi connectivity index (χ4n) is 3.09. The molecule has 0 spiro atoms. The Morgan fingerprint density at radius 1 is 0.929 bits per heavy atom. The van der Waals surface area contributed by atoms with Gasteiger partial charge in [-0.25, -0.2) is 8.42 Å². The molecule has 4 rings (SSSR count). The molecule has 6 heteroatoms. The van der Waals surface area contributed by atoms with Gasteiger partial charge in [0.05, 0.1) is 11.4 Å². The van der Waals surface area contributed by atoms with Crippen LogP contribution in [0.15, 0.2) is 84.0 Å². The first kappa shape index (κ1) is 18.3. The molecule has 5 nitrogen and oxygen atoms in total. The van der Waals surface area contributed by atoms with Crippen molar-refractivity contribution in [1.29, 1.82) is 0 Å². The number of hydrogen-bond acceptors (Lipinski definition) is 4. The van der Waals surface area contributed by atoms with Gasteiger partial charge < -0.3 is 4.74 Å². The molecule has 0 aliphatic rings. The Balaban J connectivity index is 1.59. The summed E-state index contributed by atoms with van der Waals surface area (Å²) in [5, 5.41) is 6.30. The van der Waals surface area contributed by atoms with E-state index in [9.17, 15) is 8.42 Å². The predicted molar refractivity (Wildman–Crippen MR) is 110 cm³/mol. The predicted octanol–water partition coefficient (Wildman–Crippen LogP) is 4.19. The second-order valence-electron chi connectivity index (χ2n) is 6.64. The van der Waals surface area contributed by atoms with Gasteiger partial charge in [-0.3, -0.25) is 4.68 Å². The zero-order chi connectivity index (χ0) is 19.6. The molecular weight excluding hydrogens is 372 g/mol. The lowest BCUT2D eigenvalue weighted by atomic mass is 10.0. The first-order chi connectivity index (χ1) is 13.5. The van der Waals surface area contributed by atoms with Crippen molar-refractivity contribution in [2.75, 3.05) is 12.9 Å². The summed E-state index contributed by atoms with van der Waals surface area (Å²) in [7, 11) is -3.24. The Labute approximate surface area is 164 Å². The maximum Gasteiger partial charge on any atom is 0.175 e. The van der Waals surface area contributed by atoms with E-state index in [1.54, 1.807) is 24.4 Å². The molecule has 0 unspecified atom stereocenters. The number of ether oxygens (including phenoxy) is 1. The third-order valence-corrected chi connectivity index (χ3v) is 5.67. The largest absolute Gasteiger partial charge is 0.492 e. The van der Waals surface area contributed by atoms with Crippen molar-refractivity contribution in [3.8, 4) is 16.9 Å². The molecule has 0 amide bonds. The average molecular weight is 392 g/mol. The van der Waals surface area contributed by atoms with Crippen LogP contribution >= 0.6 is 0 Å². The number of nitrogens with zero attached hydrogens (tertiary/aromatic N) is 2. The average Bonchev–Trinajstić information content (AvgIpc) is 3.20. The SMILES string of the molecule is CS(=O)(=O)c1cccc(-c2ccc3ccc(OCCn4cccn4)cc3c2)c1. The minimum absolute atomic E-state index is 0.320. The van der Waals surface area contributed by atoms with Gasteiger partial charge in [0.1, 0.15) is 12.4 Å². The van der Waals surface area contributed by atoms with E-state index in [1.165, 1.54) is 6.26 Å². The third-order valence-electron chi connectivity index (χ3n) is 4.56. The van der Waals surface area contributed by atoms with Crippen LogP contribution in [0.25, 0.3) is 21.9 Å². The molecule has 1 aromatic heterocycles. The first-order valence-electron chi connectivity index (χ1n) is 8.94. The fraction of sp³-hybridized carbons (Fsp3) is 0.136. The van der Waals surface area contributed by atoms with Crippen LogP contribution in [0.2, 0.25) is 0 Å².